The van der Waals surface area contributed by atoms with Gasteiger partial charge in [-0.2, -0.15) is 0 Å². The molecule has 27 heavy (non-hydrogen) atoms. The lowest BCUT2D eigenvalue weighted by atomic mass is 9.99. The van der Waals surface area contributed by atoms with Crippen molar-refractivity contribution in [1.29, 1.82) is 0 Å². The van der Waals surface area contributed by atoms with Gasteiger partial charge in [-0.25, -0.2) is 0 Å². The van der Waals surface area contributed by atoms with E-state index in [1.54, 1.807) is 0 Å². The highest BCUT2D eigenvalue weighted by molar-refractivity contribution is 5.82. The van der Waals surface area contributed by atoms with Crippen molar-refractivity contribution < 1.29 is 9.53 Å². The molecule has 4 heteroatoms. The highest BCUT2D eigenvalue weighted by Crippen LogP contribution is 2.24. The molecule has 138 valence electrons. The Kier molecular flexibility index (Phi) is 6.47. The molecule has 0 atom stereocenters. The lowest BCUT2D eigenvalue weighted by molar-refractivity contribution is -0.119. The minimum Gasteiger partial charge on any atom is -0.492 e. The molecule has 2 N–H and O–H groups in total. The first-order valence-electron chi connectivity index (χ1n) is 9.13. The van der Waals surface area contributed by atoms with Crippen LogP contribution in [0.4, 0.5) is 5.69 Å². The largest absolute Gasteiger partial charge is 0.492 e. The monoisotopic (exact) mass is 360 g/mol. The average molecular weight is 360 g/mol. The van der Waals surface area contributed by atoms with E-state index in [4.69, 9.17) is 4.74 Å². The summed E-state index contributed by atoms with van der Waals surface area (Å²) < 4.78 is 5.59. The molecule has 0 heterocycles. The Labute approximate surface area is 160 Å². The van der Waals surface area contributed by atoms with E-state index in [-0.39, 0.29) is 18.5 Å². The molecule has 0 aliphatic rings. The first-order chi connectivity index (χ1) is 13.3. The predicted octanol–water partition coefficient (Wildman–Crippen LogP) is 4.40. The van der Waals surface area contributed by atoms with Crippen LogP contribution in [0.3, 0.4) is 0 Å². The molecule has 3 aromatic rings. The van der Waals surface area contributed by atoms with Crippen LogP contribution in [0.5, 0.6) is 5.75 Å². The predicted molar refractivity (Wildman–Crippen MR) is 109 cm³/mol. The van der Waals surface area contributed by atoms with Gasteiger partial charge in [0.25, 0.3) is 0 Å². The van der Waals surface area contributed by atoms with Crippen molar-refractivity contribution in [2.75, 3.05) is 18.5 Å². The zero-order valence-corrected chi connectivity index (χ0v) is 15.4. The van der Waals surface area contributed by atoms with Gasteiger partial charge in [0.15, 0.2) is 0 Å². The second-order valence-electron chi connectivity index (χ2n) is 6.10. The number of benzene rings is 3. The van der Waals surface area contributed by atoms with Crippen molar-refractivity contribution in [2.45, 2.75) is 13.0 Å². The van der Waals surface area contributed by atoms with Gasteiger partial charge in [-0.3, -0.25) is 4.79 Å². The fourth-order valence-corrected chi connectivity index (χ4v) is 2.93. The topological polar surface area (TPSA) is 50.4 Å². The molecule has 0 aromatic heterocycles. The van der Waals surface area contributed by atoms with Crippen LogP contribution in [0.15, 0.2) is 84.9 Å². The third kappa shape index (κ3) is 5.11. The van der Waals surface area contributed by atoms with Crippen molar-refractivity contribution in [3.05, 3.63) is 96.1 Å². The van der Waals surface area contributed by atoms with Crippen LogP contribution >= 0.6 is 0 Å². The number of amides is 1. The Morgan fingerprint density at radius 3 is 2.00 bits per heavy atom. The highest BCUT2D eigenvalue weighted by Gasteiger charge is 2.16. The van der Waals surface area contributed by atoms with Crippen LogP contribution in [-0.2, 0) is 4.79 Å². The Hall–Kier alpha value is -3.27. The van der Waals surface area contributed by atoms with Gasteiger partial charge < -0.3 is 15.4 Å². The van der Waals surface area contributed by atoms with Crippen molar-refractivity contribution in [2.24, 2.45) is 0 Å². The lowest BCUT2D eigenvalue weighted by Crippen LogP contribution is -2.34. The van der Waals surface area contributed by atoms with Gasteiger partial charge in [0.05, 0.1) is 24.9 Å². The second-order valence-corrected chi connectivity index (χ2v) is 6.10. The maximum Gasteiger partial charge on any atom is 0.240 e. The molecular weight excluding hydrogens is 336 g/mol. The molecule has 0 aliphatic carbocycles. The molecule has 3 aromatic carbocycles. The lowest BCUT2D eigenvalue weighted by Gasteiger charge is -2.20. The van der Waals surface area contributed by atoms with Gasteiger partial charge in [0.1, 0.15) is 5.75 Å². The molecule has 0 radical (unpaired) electrons. The number of carbonyl (C=O) groups is 1. The average Bonchev–Trinajstić information content (AvgIpc) is 2.73. The number of carbonyl (C=O) groups excluding carboxylic acids is 1. The normalized spacial score (nSPS) is 10.4. The van der Waals surface area contributed by atoms with E-state index < -0.39 is 0 Å². The summed E-state index contributed by atoms with van der Waals surface area (Å²) in [6.45, 7) is 2.68. The first-order valence-corrected chi connectivity index (χ1v) is 9.13. The van der Waals surface area contributed by atoms with Crippen LogP contribution < -0.4 is 15.4 Å². The summed E-state index contributed by atoms with van der Waals surface area (Å²) in [7, 11) is 0. The van der Waals surface area contributed by atoms with E-state index in [2.05, 4.69) is 10.6 Å². The van der Waals surface area contributed by atoms with Gasteiger partial charge in [-0.15, -0.1) is 0 Å². The first kappa shape index (κ1) is 18.5. The minimum atomic E-state index is -0.191. The molecular formula is C23H24N2O2. The van der Waals surface area contributed by atoms with Crippen molar-refractivity contribution >= 4 is 11.6 Å². The van der Waals surface area contributed by atoms with Gasteiger partial charge in [0.2, 0.25) is 5.91 Å². The van der Waals surface area contributed by atoms with Gasteiger partial charge >= 0.3 is 0 Å². The third-order valence-corrected chi connectivity index (χ3v) is 4.20. The molecule has 0 aliphatic heterocycles. The molecule has 0 fully saturated rings. The van der Waals surface area contributed by atoms with E-state index in [1.165, 1.54) is 0 Å². The fraction of sp³-hybridized carbons (Fsp3) is 0.174. The minimum absolute atomic E-state index is 0.0843. The zero-order valence-electron chi connectivity index (χ0n) is 15.4. The van der Waals surface area contributed by atoms with Crippen LogP contribution in [-0.4, -0.2) is 19.1 Å². The van der Waals surface area contributed by atoms with Crippen LogP contribution in [0.2, 0.25) is 0 Å². The Morgan fingerprint density at radius 2 is 1.41 bits per heavy atom. The number of hydrogen-bond acceptors (Lipinski definition) is 3. The summed E-state index contributed by atoms with van der Waals surface area (Å²) in [6, 6.07) is 27.4. The van der Waals surface area contributed by atoms with Gasteiger partial charge in [-0.05, 0) is 30.2 Å². The van der Waals surface area contributed by atoms with Crippen molar-refractivity contribution in [3.63, 3.8) is 0 Å². The maximum atomic E-state index is 12.6. The summed E-state index contributed by atoms with van der Waals surface area (Å²) in [5.74, 6) is 0.662. The summed E-state index contributed by atoms with van der Waals surface area (Å²) in [5.41, 5.74) is 2.91. The van der Waals surface area contributed by atoms with Crippen molar-refractivity contribution in [1.82, 2.24) is 5.32 Å². The number of rotatable bonds is 8. The van der Waals surface area contributed by atoms with Crippen LogP contribution in [0, 0.1) is 0 Å². The number of anilines is 1. The van der Waals surface area contributed by atoms with Crippen molar-refractivity contribution in [3.8, 4) is 5.75 Å². The van der Waals surface area contributed by atoms with Gasteiger partial charge in [-0.1, -0.05) is 72.8 Å². The zero-order chi connectivity index (χ0) is 18.9. The smallest absolute Gasteiger partial charge is 0.240 e. The molecule has 0 saturated carbocycles. The number of para-hydroxylation sites is 2. The standard InChI is InChI=1S/C23H24N2O2/c1-2-27-21-16-10-9-15-20(21)24-17-22(26)25-23(18-11-5-3-6-12-18)19-13-7-4-8-14-19/h3-16,23-24H,2,17H2,1H3,(H,25,26). The van der Waals surface area contributed by atoms with E-state index in [0.717, 1.165) is 22.6 Å². The highest BCUT2D eigenvalue weighted by atomic mass is 16.5. The van der Waals surface area contributed by atoms with E-state index in [0.29, 0.717) is 6.61 Å². The summed E-state index contributed by atoms with van der Waals surface area (Å²) in [6.07, 6.45) is 0. The number of nitrogens with one attached hydrogen (secondary N) is 2. The molecule has 0 saturated heterocycles. The maximum absolute atomic E-state index is 12.6. The Bertz CT molecular complexity index is 811. The fourth-order valence-electron chi connectivity index (χ4n) is 2.93. The quantitative estimate of drug-likeness (QED) is 0.626. The van der Waals surface area contributed by atoms with Crippen LogP contribution in [0.25, 0.3) is 0 Å². The van der Waals surface area contributed by atoms with Gasteiger partial charge in [0, 0.05) is 0 Å². The Balaban J connectivity index is 1.70. The molecule has 0 bridgehead atoms. The van der Waals surface area contributed by atoms with Crippen LogP contribution in [0.1, 0.15) is 24.1 Å². The SMILES string of the molecule is CCOc1ccccc1NCC(=O)NC(c1ccccc1)c1ccccc1. The molecule has 0 unspecified atom stereocenters. The summed E-state index contributed by atoms with van der Waals surface area (Å²) in [4.78, 5) is 12.6. The molecule has 4 nitrogen and oxygen atoms in total. The summed E-state index contributed by atoms with van der Waals surface area (Å²) >= 11 is 0. The molecule has 1 amide bonds. The molecule has 3 rings (SSSR count). The van der Waals surface area contributed by atoms with E-state index in [1.807, 2.05) is 91.9 Å². The number of ether oxygens (including phenoxy) is 1. The third-order valence-electron chi connectivity index (χ3n) is 4.20. The number of hydrogen-bond donors (Lipinski definition) is 2. The molecule has 0 spiro atoms. The van der Waals surface area contributed by atoms with E-state index >= 15 is 0 Å². The summed E-state index contributed by atoms with van der Waals surface area (Å²) in [5, 5.41) is 6.30. The van der Waals surface area contributed by atoms with E-state index in [9.17, 15) is 4.79 Å². The second kappa shape index (κ2) is 9.43. The Morgan fingerprint density at radius 1 is 0.852 bits per heavy atom.